The summed E-state index contributed by atoms with van der Waals surface area (Å²) in [5.41, 5.74) is 4.03. The molecule has 1 fully saturated rings. The maximum Gasteiger partial charge on any atom is 0.419 e. The first-order valence-corrected chi connectivity index (χ1v) is 8.39. The fourth-order valence-corrected chi connectivity index (χ4v) is 3.84. The molecule has 2 aromatic rings. The normalized spacial score (nSPS) is 23.3. The van der Waals surface area contributed by atoms with Crippen LogP contribution in [-0.4, -0.2) is 27.4 Å². The van der Waals surface area contributed by atoms with E-state index in [-0.39, 0.29) is 0 Å². The molecule has 144 valence electrons. The van der Waals surface area contributed by atoms with Gasteiger partial charge in [-0.15, -0.1) is 5.10 Å². The molecule has 10 heteroatoms. The van der Waals surface area contributed by atoms with Gasteiger partial charge in [-0.05, 0) is 43.5 Å². The van der Waals surface area contributed by atoms with Crippen molar-refractivity contribution in [1.29, 1.82) is 0 Å². The Hall–Kier alpha value is -2.78. The number of halogens is 4. The molecule has 0 bridgehead atoms. The van der Waals surface area contributed by atoms with Crippen molar-refractivity contribution in [3.63, 3.8) is 0 Å². The maximum atomic E-state index is 14.1. The molecule has 2 aliphatic rings. The Morgan fingerprint density at radius 2 is 2.00 bits per heavy atom. The molecular weight excluding hydrogens is 364 g/mol. The number of hydrogen-bond acceptors (Lipinski definition) is 5. The molecule has 1 aromatic heterocycles. The van der Waals surface area contributed by atoms with E-state index in [1.54, 1.807) is 13.1 Å². The van der Waals surface area contributed by atoms with Gasteiger partial charge in [0.15, 0.2) is 0 Å². The SMILES string of the molecule is CNc1nc2n(n1)C(N)=CC(C)(C1(c3ccc(C(F)(F)F)c(F)c3)CC1)N2. The van der Waals surface area contributed by atoms with E-state index >= 15 is 0 Å². The summed E-state index contributed by atoms with van der Waals surface area (Å²) in [6.07, 6.45) is -1.61. The first-order valence-electron chi connectivity index (χ1n) is 8.39. The molecular formula is C17H18F4N6. The van der Waals surface area contributed by atoms with Gasteiger partial charge in [-0.1, -0.05) is 6.07 Å². The number of nitrogens with zero attached hydrogens (tertiary/aromatic N) is 3. The third kappa shape index (κ3) is 2.54. The average Bonchev–Trinajstić information content (AvgIpc) is 3.29. The summed E-state index contributed by atoms with van der Waals surface area (Å²) < 4.78 is 54.2. The Morgan fingerprint density at radius 1 is 1.30 bits per heavy atom. The predicted molar refractivity (Wildman–Crippen MR) is 92.4 cm³/mol. The third-order valence-electron chi connectivity index (χ3n) is 5.45. The lowest BCUT2D eigenvalue weighted by atomic mass is 9.76. The van der Waals surface area contributed by atoms with Crippen LogP contribution in [-0.2, 0) is 11.6 Å². The minimum atomic E-state index is -4.73. The molecule has 27 heavy (non-hydrogen) atoms. The van der Waals surface area contributed by atoms with E-state index in [0.717, 1.165) is 12.1 Å². The van der Waals surface area contributed by atoms with Crippen molar-refractivity contribution in [2.45, 2.75) is 36.9 Å². The molecule has 0 saturated heterocycles. The maximum absolute atomic E-state index is 14.1. The van der Waals surface area contributed by atoms with Crippen molar-refractivity contribution in [1.82, 2.24) is 14.8 Å². The fourth-order valence-electron chi connectivity index (χ4n) is 3.84. The topological polar surface area (TPSA) is 80.8 Å². The highest BCUT2D eigenvalue weighted by Crippen LogP contribution is 2.58. The lowest BCUT2D eigenvalue weighted by Gasteiger charge is -2.40. The van der Waals surface area contributed by atoms with Gasteiger partial charge in [0.05, 0.1) is 11.1 Å². The van der Waals surface area contributed by atoms with E-state index < -0.39 is 28.5 Å². The number of nitrogens with one attached hydrogen (secondary N) is 2. The number of anilines is 2. The van der Waals surface area contributed by atoms with E-state index in [1.165, 1.54) is 10.7 Å². The van der Waals surface area contributed by atoms with Gasteiger partial charge in [0, 0.05) is 12.5 Å². The number of nitrogens with two attached hydrogens (primary N) is 1. The van der Waals surface area contributed by atoms with Crippen LogP contribution < -0.4 is 16.4 Å². The van der Waals surface area contributed by atoms with Gasteiger partial charge < -0.3 is 16.4 Å². The predicted octanol–water partition coefficient (Wildman–Crippen LogP) is 3.15. The van der Waals surface area contributed by atoms with Crippen LogP contribution in [0.5, 0.6) is 0 Å². The third-order valence-corrected chi connectivity index (χ3v) is 5.45. The molecule has 2 heterocycles. The van der Waals surface area contributed by atoms with Crippen LogP contribution in [0.25, 0.3) is 5.82 Å². The molecule has 1 aliphatic heterocycles. The summed E-state index contributed by atoms with van der Waals surface area (Å²) in [7, 11) is 1.67. The number of aromatic nitrogens is 3. The summed E-state index contributed by atoms with van der Waals surface area (Å²) in [6, 6.07) is 3.12. The quantitative estimate of drug-likeness (QED) is 0.711. The van der Waals surface area contributed by atoms with Gasteiger partial charge in [-0.25, -0.2) is 4.39 Å². The molecule has 0 radical (unpaired) electrons. The van der Waals surface area contributed by atoms with Gasteiger partial charge in [0.2, 0.25) is 11.9 Å². The highest BCUT2D eigenvalue weighted by Gasteiger charge is 2.59. The van der Waals surface area contributed by atoms with Gasteiger partial charge in [0.25, 0.3) is 0 Å². The standard InChI is InChI=1S/C17H18F4N6/c1-15(8-12(22)27-14(25-15)24-13(23-2)26-27)16(5-6-16)9-3-4-10(11(18)7-9)17(19,20)21/h3-4,7-8H,5-6,22H2,1-2H3,(H2,23,24,25,26). The summed E-state index contributed by atoms with van der Waals surface area (Å²) in [5, 5.41) is 10.3. The molecule has 1 unspecified atom stereocenters. The van der Waals surface area contributed by atoms with Crippen LogP contribution in [0.4, 0.5) is 29.5 Å². The van der Waals surface area contributed by atoms with Gasteiger partial charge >= 0.3 is 6.18 Å². The molecule has 4 N–H and O–H groups in total. The summed E-state index contributed by atoms with van der Waals surface area (Å²) in [5.74, 6) is -0.133. The van der Waals surface area contributed by atoms with Crippen LogP contribution in [0.2, 0.25) is 0 Å². The second kappa shape index (κ2) is 5.37. The molecule has 1 saturated carbocycles. The smallest absolute Gasteiger partial charge is 0.384 e. The number of benzene rings is 1. The summed E-state index contributed by atoms with van der Waals surface area (Å²) in [6.45, 7) is 1.87. The van der Waals surface area contributed by atoms with Crippen molar-refractivity contribution >= 4 is 17.7 Å². The van der Waals surface area contributed by atoms with Gasteiger partial charge in [-0.3, -0.25) is 0 Å². The van der Waals surface area contributed by atoms with Crippen molar-refractivity contribution < 1.29 is 17.6 Å². The lowest BCUT2D eigenvalue weighted by Crippen LogP contribution is -2.49. The number of hydrogen-bond donors (Lipinski definition) is 3. The zero-order valence-corrected chi connectivity index (χ0v) is 14.7. The summed E-state index contributed by atoms with van der Waals surface area (Å²) >= 11 is 0. The Morgan fingerprint density at radius 3 is 2.56 bits per heavy atom. The lowest BCUT2D eigenvalue weighted by molar-refractivity contribution is -0.140. The van der Waals surface area contributed by atoms with E-state index in [9.17, 15) is 17.6 Å². The first-order chi connectivity index (χ1) is 12.6. The van der Waals surface area contributed by atoms with Crippen LogP contribution in [0.3, 0.4) is 0 Å². The van der Waals surface area contributed by atoms with E-state index in [0.29, 0.717) is 36.1 Å². The molecule has 1 atom stereocenters. The van der Waals surface area contributed by atoms with Crippen molar-refractivity contribution in [3.05, 3.63) is 41.2 Å². The van der Waals surface area contributed by atoms with Crippen molar-refractivity contribution in [2.75, 3.05) is 17.7 Å². The van der Waals surface area contributed by atoms with Gasteiger partial charge in [0.1, 0.15) is 11.6 Å². The monoisotopic (exact) mass is 382 g/mol. The largest absolute Gasteiger partial charge is 0.419 e. The minimum absolute atomic E-state index is 0.346. The number of alkyl halides is 3. The van der Waals surface area contributed by atoms with E-state index in [2.05, 4.69) is 20.7 Å². The first kappa shape index (κ1) is 17.6. The Bertz CT molecular complexity index is 943. The van der Waals surface area contributed by atoms with Crippen LogP contribution in [0.15, 0.2) is 24.3 Å². The average molecular weight is 382 g/mol. The highest BCUT2D eigenvalue weighted by atomic mass is 19.4. The molecule has 0 spiro atoms. The second-order valence-electron chi connectivity index (χ2n) is 7.09. The second-order valence-corrected chi connectivity index (χ2v) is 7.09. The van der Waals surface area contributed by atoms with Crippen LogP contribution >= 0.6 is 0 Å². The van der Waals surface area contributed by atoms with E-state index in [1.807, 2.05) is 6.92 Å². The highest BCUT2D eigenvalue weighted by molar-refractivity contribution is 5.62. The van der Waals surface area contributed by atoms with Crippen molar-refractivity contribution in [2.24, 2.45) is 5.73 Å². The molecule has 4 rings (SSSR count). The Balaban J connectivity index is 1.75. The number of rotatable bonds is 3. The van der Waals surface area contributed by atoms with Gasteiger partial charge in [-0.2, -0.15) is 22.8 Å². The fraction of sp³-hybridized carbons (Fsp3) is 0.412. The van der Waals surface area contributed by atoms with Crippen LogP contribution in [0.1, 0.15) is 30.9 Å². The Labute approximate surface area is 152 Å². The Kier molecular flexibility index (Phi) is 3.50. The zero-order chi connectivity index (χ0) is 19.6. The molecule has 0 amide bonds. The van der Waals surface area contributed by atoms with Crippen molar-refractivity contribution in [3.8, 4) is 0 Å². The zero-order valence-electron chi connectivity index (χ0n) is 14.7. The number of fused-ring (bicyclic) bond motifs is 1. The molecule has 1 aromatic carbocycles. The van der Waals surface area contributed by atoms with E-state index in [4.69, 9.17) is 5.73 Å². The molecule has 1 aliphatic carbocycles. The minimum Gasteiger partial charge on any atom is -0.384 e. The van der Waals surface area contributed by atoms with Crippen LogP contribution in [0, 0.1) is 5.82 Å². The molecule has 6 nitrogen and oxygen atoms in total. The summed E-state index contributed by atoms with van der Waals surface area (Å²) in [4.78, 5) is 4.30.